The fourth-order valence-electron chi connectivity index (χ4n) is 2.35. The molecule has 0 aliphatic heterocycles. The standard InChI is InChI=1S/C15H20FNO2S/c1-12-11-14(7-8-15(12)16)20(18,19)17-10-9-13-5-3-2-4-6-13/h5,7-8,11,17H,2-4,6,9-10H2,1H3. The van der Waals surface area contributed by atoms with E-state index >= 15 is 0 Å². The molecule has 0 bridgehead atoms. The van der Waals surface area contributed by atoms with Crippen LogP contribution in [0, 0.1) is 12.7 Å². The zero-order valence-electron chi connectivity index (χ0n) is 11.7. The third-order valence-corrected chi connectivity index (χ3v) is 5.02. The van der Waals surface area contributed by atoms with Crippen molar-refractivity contribution in [3.05, 3.63) is 41.2 Å². The summed E-state index contributed by atoms with van der Waals surface area (Å²) in [5.74, 6) is -0.392. The lowest BCUT2D eigenvalue weighted by Gasteiger charge is -2.13. The number of aryl methyl sites for hydroxylation is 1. The van der Waals surface area contributed by atoms with Gasteiger partial charge in [-0.2, -0.15) is 0 Å². The molecule has 1 aromatic carbocycles. The smallest absolute Gasteiger partial charge is 0.211 e. The van der Waals surface area contributed by atoms with Crippen molar-refractivity contribution < 1.29 is 12.8 Å². The molecule has 0 saturated carbocycles. The summed E-state index contributed by atoms with van der Waals surface area (Å²) in [6, 6.07) is 3.84. The summed E-state index contributed by atoms with van der Waals surface area (Å²) in [5.41, 5.74) is 1.66. The summed E-state index contributed by atoms with van der Waals surface area (Å²) < 4.78 is 39.9. The van der Waals surface area contributed by atoms with Crippen molar-refractivity contribution in [1.29, 1.82) is 0 Å². The average Bonchev–Trinajstić information content (AvgIpc) is 2.43. The van der Waals surface area contributed by atoms with E-state index in [1.54, 1.807) is 6.92 Å². The van der Waals surface area contributed by atoms with Crippen molar-refractivity contribution in [3.8, 4) is 0 Å². The third kappa shape index (κ3) is 3.90. The number of halogens is 1. The molecule has 1 aliphatic carbocycles. The lowest BCUT2D eigenvalue weighted by atomic mass is 9.97. The van der Waals surface area contributed by atoms with Crippen molar-refractivity contribution in [2.75, 3.05) is 6.54 Å². The molecule has 0 heterocycles. The van der Waals surface area contributed by atoms with Gasteiger partial charge in [0.05, 0.1) is 4.90 Å². The SMILES string of the molecule is Cc1cc(S(=O)(=O)NCCC2=CCCCC2)ccc1F. The summed E-state index contributed by atoms with van der Waals surface area (Å²) in [6.45, 7) is 1.95. The van der Waals surface area contributed by atoms with Crippen LogP contribution < -0.4 is 4.72 Å². The molecule has 1 aromatic rings. The molecule has 110 valence electrons. The Hall–Kier alpha value is -1.20. The van der Waals surface area contributed by atoms with E-state index in [-0.39, 0.29) is 4.90 Å². The molecule has 1 N–H and O–H groups in total. The molecule has 0 aromatic heterocycles. The van der Waals surface area contributed by atoms with E-state index in [0.717, 1.165) is 19.3 Å². The van der Waals surface area contributed by atoms with Gasteiger partial charge in [-0.25, -0.2) is 17.5 Å². The number of hydrogen-bond donors (Lipinski definition) is 1. The van der Waals surface area contributed by atoms with Crippen LogP contribution in [0.1, 0.15) is 37.7 Å². The Kier molecular flexibility index (Phi) is 4.94. The van der Waals surface area contributed by atoms with E-state index in [9.17, 15) is 12.8 Å². The number of nitrogens with one attached hydrogen (secondary N) is 1. The van der Waals surface area contributed by atoms with Crippen molar-refractivity contribution in [1.82, 2.24) is 4.72 Å². The first-order chi connectivity index (χ1) is 9.49. The Morgan fingerprint density at radius 1 is 1.30 bits per heavy atom. The van der Waals surface area contributed by atoms with Crippen LogP contribution in [0.5, 0.6) is 0 Å². The number of sulfonamides is 1. The van der Waals surface area contributed by atoms with Crippen molar-refractivity contribution in [2.24, 2.45) is 0 Å². The van der Waals surface area contributed by atoms with Gasteiger partial charge in [-0.05, 0) is 62.8 Å². The Labute approximate surface area is 119 Å². The molecule has 20 heavy (non-hydrogen) atoms. The van der Waals surface area contributed by atoms with E-state index in [4.69, 9.17) is 0 Å². The van der Waals surface area contributed by atoms with Crippen LogP contribution in [0.25, 0.3) is 0 Å². The molecule has 2 rings (SSSR count). The first-order valence-corrected chi connectivity index (χ1v) is 8.41. The molecule has 0 spiro atoms. The maximum atomic E-state index is 13.2. The molecule has 0 unspecified atom stereocenters. The second-order valence-corrected chi connectivity index (χ2v) is 6.93. The van der Waals surface area contributed by atoms with Gasteiger partial charge in [-0.15, -0.1) is 0 Å². The summed E-state index contributed by atoms with van der Waals surface area (Å²) >= 11 is 0. The Bertz CT molecular complexity index is 608. The van der Waals surface area contributed by atoms with Crippen molar-refractivity contribution in [2.45, 2.75) is 43.9 Å². The number of rotatable bonds is 5. The monoisotopic (exact) mass is 297 g/mol. The molecule has 0 fully saturated rings. The second kappa shape index (κ2) is 6.50. The number of benzene rings is 1. The van der Waals surface area contributed by atoms with Gasteiger partial charge in [-0.1, -0.05) is 11.6 Å². The minimum atomic E-state index is -3.54. The van der Waals surface area contributed by atoms with E-state index in [1.807, 2.05) is 0 Å². The molecule has 1 aliphatic rings. The predicted octanol–water partition coefficient (Wildman–Crippen LogP) is 3.30. The topological polar surface area (TPSA) is 46.2 Å². The van der Waals surface area contributed by atoms with Gasteiger partial charge in [-0.3, -0.25) is 0 Å². The largest absolute Gasteiger partial charge is 0.240 e. The molecule has 0 amide bonds. The lowest BCUT2D eigenvalue weighted by Crippen LogP contribution is -2.25. The molecular formula is C15H20FNO2S. The van der Waals surface area contributed by atoms with Crippen LogP contribution in [0.3, 0.4) is 0 Å². The number of hydrogen-bond acceptors (Lipinski definition) is 2. The van der Waals surface area contributed by atoms with Crippen LogP contribution in [0.4, 0.5) is 4.39 Å². The highest BCUT2D eigenvalue weighted by atomic mass is 32.2. The Morgan fingerprint density at radius 2 is 2.10 bits per heavy atom. The van der Waals surface area contributed by atoms with Crippen molar-refractivity contribution in [3.63, 3.8) is 0 Å². The molecule has 0 atom stereocenters. The minimum absolute atomic E-state index is 0.119. The highest BCUT2D eigenvalue weighted by Gasteiger charge is 2.15. The molecule has 0 saturated heterocycles. The maximum Gasteiger partial charge on any atom is 0.240 e. The van der Waals surface area contributed by atoms with E-state index in [1.165, 1.54) is 36.6 Å². The van der Waals surface area contributed by atoms with Gasteiger partial charge < -0.3 is 0 Å². The third-order valence-electron chi connectivity index (χ3n) is 3.56. The van der Waals surface area contributed by atoms with Gasteiger partial charge >= 0.3 is 0 Å². The average molecular weight is 297 g/mol. The zero-order chi connectivity index (χ0) is 14.6. The summed E-state index contributed by atoms with van der Waals surface area (Å²) in [7, 11) is -3.54. The lowest BCUT2D eigenvalue weighted by molar-refractivity contribution is 0.578. The van der Waals surface area contributed by atoms with E-state index in [0.29, 0.717) is 12.1 Å². The van der Waals surface area contributed by atoms with Gasteiger partial charge in [0.15, 0.2) is 0 Å². The van der Waals surface area contributed by atoms with Crippen LogP contribution in [-0.4, -0.2) is 15.0 Å². The predicted molar refractivity (Wildman–Crippen MR) is 77.5 cm³/mol. The normalized spacial score (nSPS) is 16.0. The molecule has 0 radical (unpaired) electrons. The minimum Gasteiger partial charge on any atom is -0.211 e. The van der Waals surface area contributed by atoms with Crippen LogP contribution in [0.2, 0.25) is 0 Å². The molecule has 5 heteroatoms. The second-order valence-electron chi connectivity index (χ2n) is 5.17. The maximum absolute atomic E-state index is 13.2. The van der Waals surface area contributed by atoms with Crippen LogP contribution in [-0.2, 0) is 10.0 Å². The van der Waals surface area contributed by atoms with E-state index < -0.39 is 15.8 Å². The quantitative estimate of drug-likeness (QED) is 0.848. The Balaban J connectivity index is 1.96. The first-order valence-electron chi connectivity index (χ1n) is 6.93. The highest BCUT2D eigenvalue weighted by molar-refractivity contribution is 7.89. The molecule has 3 nitrogen and oxygen atoms in total. The van der Waals surface area contributed by atoms with Gasteiger partial charge in [0.25, 0.3) is 0 Å². The summed E-state index contributed by atoms with van der Waals surface area (Å²) in [4.78, 5) is 0.119. The highest BCUT2D eigenvalue weighted by Crippen LogP contribution is 2.20. The number of allylic oxidation sites excluding steroid dienone is 1. The van der Waals surface area contributed by atoms with Gasteiger partial charge in [0.2, 0.25) is 10.0 Å². The van der Waals surface area contributed by atoms with Crippen LogP contribution in [0.15, 0.2) is 34.7 Å². The van der Waals surface area contributed by atoms with E-state index in [2.05, 4.69) is 10.8 Å². The fourth-order valence-corrected chi connectivity index (χ4v) is 3.46. The fraction of sp³-hybridized carbons (Fsp3) is 0.467. The van der Waals surface area contributed by atoms with Crippen LogP contribution >= 0.6 is 0 Å². The zero-order valence-corrected chi connectivity index (χ0v) is 12.5. The summed E-state index contributed by atoms with van der Waals surface area (Å²) in [6.07, 6.45) is 7.54. The van der Waals surface area contributed by atoms with Gasteiger partial charge in [0, 0.05) is 6.54 Å². The summed E-state index contributed by atoms with van der Waals surface area (Å²) in [5, 5.41) is 0. The van der Waals surface area contributed by atoms with Crippen molar-refractivity contribution >= 4 is 10.0 Å². The first kappa shape index (κ1) is 15.2. The van der Waals surface area contributed by atoms with Gasteiger partial charge in [0.1, 0.15) is 5.82 Å². The molecular weight excluding hydrogens is 277 g/mol. The Morgan fingerprint density at radius 3 is 2.75 bits per heavy atom.